The Balaban J connectivity index is 1.55. The number of carboxylic acid groups (broad SMARTS) is 1. The summed E-state index contributed by atoms with van der Waals surface area (Å²) in [6.45, 7) is 1.41. The predicted octanol–water partition coefficient (Wildman–Crippen LogP) is 3.33. The molecule has 1 N–H and O–H groups in total. The number of rotatable bonds is 6. The molecule has 130 valence electrons. The minimum atomic E-state index is -0.763. The minimum absolute atomic E-state index is 0.0326. The molecule has 1 saturated carbocycles. The molecule has 1 aliphatic heterocycles. The molecule has 5 heteroatoms. The number of hydrogen-bond acceptors (Lipinski definition) is 3. The van der Waals surface area contributed by atoms with E-state index >= 15 is 0 Å². The average Bonchev–Trinajstić information content (AvgIpc) is 2.56. The predicted molar refractivity (Wildman–Crippen MR) is 90.2 cm³/mol. The molecule has 2 aliphatic rings. The fourth-order valence-corrected chi connectivity index (χ4v) is 3.35. The summed E-state index contributed by atoms with van der Waals surface area (Å²) in [7, 11) is 0. The van der Waals surface area contributed by atoms with E-state index in [0.29, 0.717) is 30.6 Å². The zero-order valence-corrected chi connectivity index (χ0v) is 13.9. The van der Waals surface area contributed by atoms with Gasteiger partial charge in [-0.1, -0.05) is 0 Å². The van der Waals surface area contributed by atoms with Crippen molar-refractivity contribution in [1.82, 2.24) is 4.90 Å². The first-order chi connectivity index (χ1) is 11.6. The van der Waals surface area contributed by atoms with Gasteiger partial charge in [-0.05, 0) is 68.7 Å². The number of benzene rings is 1. The van der Waals surface area contributed by atoms with Crippen LogP contribution in [0.5, 0.6) is 5.75 Å². The normalized spacial score (nSPS) is 21.2. The molecule has 1 atom stereocenters. The van der Waals surface area contributed by atoms with E-state index in [0.717, 1.165) is 38.0 Å². The van der Waals surface area contributed by atoms with Crippen LogP contribution < -0.4 is 4.74 Å². The second-order valence-electron chi connectivity index (χ2n) is 6.89. The van der Waals surface area contributed by atoms with Crippen molar-refractivity contribution in [1.29, 1.82) is 0 Å². The number of hydrogen-bond donors (Lipinski definition) is 1. The summed E-state index contributed by atoms with van der Waals surface area (Å²) in [5.41, 5.74) is 0.676. The van der Waals surface area contributed by atoms with Gasteiger partial charge in [0.05, 0.1) is 6.10 Å². The molecule has 2 fully saturated rings. The molecule has 0 bridgehead atoms. The Bertz CT molecular complexity index is 580. The fraction of sp³-hybridized carbons (Fsp3) is 0.579. The first-order valence-corrected chi connectivity index (χ1v) is 8.89. The Morgan fingerprint density at radius 1 is 1.12 bits per heavy atom. The number of carbonyl (C=O) groups is 2. The summed E-state index contributed by atoms with van der Waals surface area (Å²) in [6.07, 6.45) is 6.58. The summed E-state index contributed by atoms with van der Waals surface area (Å²) in [5.74, 6) is 0.389. The van der Waals surface area contributed by atoms with Crippen molar-refractivity contribution in [3.8, 4) is 5.75 Å². The Morgan fingerprint density at radius 2 is 1.88 bits per heavy atom. The molecular formula is C19H25NO4. The Kier molecular flexibility index (Phi) is 5.38. The maximum Gasteiger partial charge on any atom is 0.303 e. The van der Waals surface area contributed by atoms with Crippen LogP contribution in [0.2, 0.25) is 0 Å². The van der Waals surface area contributed by atoms with Crippen LogP contribution in [0.15, 0.2) is 24.3 Å². The van der Waals surface area contributed by atoms with Crippen LogP contribution in [0.4, 0.5) is 0 Å². The smallest absolute Gasteiger partial charge is 0.303 e. The molecule has 5 nitrogen and oxygen atoms in total. The maximum atomic E-state index is 12.7. The summed E-state index contributed by atoms with van der Waals surface area (Å²) in [4.78, 5) is 25.2. The number of ether oxygens (including phenoxy) is 1. The van der Waals surface area contributed by atoms with E-state index < -0.39 is 5.97 Å². The average molecular weight is 331 g/mol. The van der Waals surface area contributed by atoms with E-state index in [1.807, 2.05) is 29.2 Å². The van der Waals surface area contributed by atoms with Crippen LogP contribution in [0.1, 0.15) is 55.3 Å². The Morgan fingerprint density at radius 3 is 2.50 bits per heavy atom. The summed E-state index contributed by atoms with van der Waals surface area (Å²) in [6, 6.07) is 7.41. The van der Waals surface area contributed by atoms with Gasteiger partial charge in [0.2, 0.25) is 0 Å². The highest BCUT2D eigenvalue weighted by Crippen LogP contribution is 2.26. The van der Waals surface area contributed by atoms with Gasteiger partial charge >= 0.3 is 5.97 Å². The first-order valence-electron chi connectivity index (χ1n) is 8.89. The van der Waals surface area contributed by atoms with Crippen molar-refractivity contribution < 1.29 is 19.4 Å². The summed E-state index contributed by atoms with van der Waals surface area (Å²) < 4.78 is 5.82. The summed E-state index contributed by atoms with van der Waals surface area (Å²) >= 11 is 0. The van der Waals surface area contributed by atoms with Crippen LogP contribution >= 0.6 is 0 Å². The third kappa shape index (κ3) is 4.28. The van der Waals surface area contributed by atoms with E-state index in [4.69, 9.17) is 9.84 Å². The molecule has 0 radical (unpaired) electrons. The highest BCUT2D eigenvalue weighted by atomic mass is 16.5. The van der Waals surface area contributed by atoms with Crippen molar-refractivity contribution in [2.75, 3.05) is 13.1 Å². The molecule has 0 aromatic heterocycles. The van der Waals surface area contributed by atoms with Gasteiger partial charge in [0.25, 0.3) is 5.91 Å². The zero-order chi connectivity index (χ0) is 16.9. The molecule has 1 aliphatic carbocycles. The zero-order valence-electron chi connectivity index (χ0n) is 13.9. The molecule has 1 aromatic carbocycles. The monoisotopic (exact) mass is 331 g/mol. The number of carboxylic acids is 1. The summed E-state index contributed by atoms with van der Waals surface area (Å²) in [5, 5.41) is 8.82. The quantitative estimate of drug-likeness (QED) is 0.868. The van der Waals surface area contributed by atoms with E-state index in [2.05, 4.69) is 0 Å². The second-order valence-corrected chi connectivity index (χ2v) is 6.89. The number of piperidine rings is 1. The molecular weight excluding hydrogens is 306 g/mol. The third-order valence-corrected chi connectivity index (χ3v) is 5.03. The Labute approximate surface area is 142 Å². The van der Waals surface area contributed by atoms with Crippen LogP contribution in [0, 0.1) is 5.92 Å². The van der Waals surface area contributed by atoms with Crippen LogP contribution in [-0.2, 0) is 4.79 Å². The molecule has 1 unspecified atom stereocenters. The highest BCUT2D eigenvalue weighted by Gasteiger charge is 2.25. The lowest BCUT2D eigenvalue weighted by molar-refractivity contribution is -0.137. The minimum Gasteiger partial charge on any atom is -0.490 e. The first kappa shape index (κ1) is 16.8. The molecule has 1 heterocycles. The third-order valence-electron chi connectivity index (χ3n) is 5.03. The van der Waals surface area contributed by atoms with Gasteiger partial charge in [-0.2, -0.15) is 0 Å². The van der Waals surface area contributed by atoms with Crippen LogP contribution in [-0.4, -0.2) is 41.1 Å². The molecule has 3 rings (SSSR count). The lowest BCUT2D eigenvalue weighted by Crippen LogP contribution is -2.40. The van der Waals surface area contributed by atoms with Gasteiger partial charge in [-0.3, -0.25) is 9.59 Å². The Hall–Kier alpha value is -2.04. The molecule has 1 saturated heterocycles. The van der Waals surface area contributed by atoms with Gasteiger partial charge in [-0.15, -0.1) is 0 Å². The van der Waals surface area contributed by atoms with E-state index in [-0.39, 0.29) is 12.3 Å². The second kappa shape index (κ2) is 7.69. The lowest BCUT2D eigenvalue weighted by Gasteiger charge is -2.32. The maximum absolute atomic E-state index is 12.7. The van der Waals surface area contributed by atoms with E-state index in [1.165, 1.54) is 6.42 Å². The molecule has 24 heavy (non-hydrogen) atoms. The fourth-order valence-electron chi connectivity index (χ4n) is 3.35. The van der Waals surface area contributed by atoms with Crippen molar-refractivity contribution in [2.45, 2.75) is 51.0 Å². The standard InChI is InChI=1S/C19H25NO4/c21-18(22)11-6-14-3-2-12-20(13-14)19(23)15-7-9-17(10-8-15)24-16-4-1-5-16/h7-10,14,16H,1-6,11-13H2,(H,21,22). The molecule has 1 amide bonds. The lowest BCUT2D eigenvalue weighted by atomic mass is 9.93. The SMILES string of the molecule is O=C(O)CCC1CCCN(C(=O)c2ccc(OC3CCC3)cc2)C1. The number of amides is 1. The van der Waals surface area contributed by atoms with Crippen molar-refractivity contribution in [3.63, 3.8) is 0 Å². The van der Waals surface area contributed by atoms with Crippen molar-refractivity contribution in [2.24, 2.45) is 5.92 Å². The number of nitrogens with zero attached hydrogens (tertiary/aromatic N) is 1. The van der Waals surface area contributed by atoms with Crippen LogP contribution in [0.25, 0.3) is 0 Å². The van der Waals surface area contributed by atoms with Gasteiger partial charge < -0.3 is 14.7 Å². The highest BCUT2D eigenvalue weighted by molar-refractivity contribution is 5.94. The van der Waals surface area contributed by atoms with Crippen molar-refractivity contribution >= 4 is 11.9 Å². The van der Waals surface area contributed by atoms with Crippen LogP contribution in [0.3, 0.4) is 0 Å². The van der Waals surface area contributed by atoms with Gasteiger partial charge in [0.15, 0.2) is 0 Å². The number of aliphatic carboxylic acids is 1. The topological polar surface area (TPSA) is 66.8 Å². The van der Waals surface area contributed by atoms with Crippen molar-refractivity contribution in [3.05, 3.63) is 29.8 Å². The number of carbonyl (C=O) groups excluding carboxylic acids is 1. The molecule has 0 spiro atoms. The van der Waals surface area contributed by atoms with E-state index in [9.17, 15) is 9.59 Å². The van der Waals surface area contributed by atoms with Gasteiger partial charge in [-0.25, -0.2) is 0 Å². The number of likely N-dealkylation sites (tertiary alicyclic amines) is 1. The molecule has 1 aromatic rings. The van der Waals surface area contributed by atoms with Gasteiger partial charge in [0.1, 0.15) is 5.75 Å². The van der Waals surface area contributed by atoms with Gasteiger partial charge in [0, 0.05) is 25.1 Å². The van der Waals surface area contributed by atoms with E-state index in [1.54, 1.807) is 0 Å². The largest absolute Gasteiger partial charge is 0.490 e.